The van der Waals surface area contributed by atoms with Gasteiger partial charge in [-0.05, 0) is 19.3 Å². The van der Waals surface area contributed by atoms with Gasteiger partial charge in [-0.15, -0.1) is 0 Å². The van der Waals surface area contributed by atoms with Crippen molar-refractivity contribution in [2.45, 2.75) is 19.3 Å². The van der Waals surface area contributed by atoms with Gasteiger partial charge in [0.2, 0.25) is 0 Å². The number of hydrogen-bond acceptors (Lipinski definition) is 2. The maximum Gasteiger partial charge on any atom is 0.0146 e. The van der Waals surface area contributed by atoms with E-state index >= 15 is 0 Å². The molecule has 0 amide bonds. The van der Waals surface area contributed by atoms with Crippen molar-refractivity contribution < 1.29 is 0 Å². The van der Waals surface area contributed by atoms with Crippen LogP contribution in [-0.2, 0) is 0 Å². The summed E-state index contributed by atoms with van der Waals surface area (Å²) < 4.78 is 0. The highest BCUT2D eigenvalue weighted by atomic mass is 15.6. The molecule has 0 radical (unpaired) electrons. The van der Waals surface area contributed by atoms with Crippen LogP contribution in [0.3, 0.4) is 0 Å². The zero-order chi connectivity index (χ0) is 6.10. The maximum atomic E-state index is 2.50. The molecule has 2 fully saturated rings. The van der Waals surface area contributed by atoms with Gasteiger partial charge < -0.3 is 0 Å². The molecule has 2 saturated heterocycles. The number of hydrogen-bond donors (Lipinski definition) is 0. The van der Waals surface area contributed by atoms with Crippen molar-refractivity contribution in [3.05, 3.63) is 0 Å². The van der Waals surface area contributed by atoms with E-state index in [1.807, 2.05) is 0 Å². The van der Waals surface area contributed by atoms with E-state index in [0.717, 1.165) is 0 Å². The van der Waals surface area contributed by atoms with Crippen LogP contribution in [0, 0.1) is 0 Å². The average molecular weight is 126 g/mol. The highest BCUT2D eigenvalue weighted by Gasteiger charge is 2.23. The normalized spacial score (nSPS) is 30.7. The Labute approximate surface area is 56.4 Å². The third kappa shape index (κ3) is 0.970. The Morgan fingerprint density at radius 3 is 1.56 bits per heavy atom. The van der Waals surface area contributed by atoms with Crippen LogP contribution in [0.5, 0.6) is 0 Å². The first kappa shape index (κ1) is 5.69. The van der Waals surface area contributed by atoms with Crippen molar-refractivity contribution >= 4 is 0 Å². The van der Waals surface area contributed by atoms with Crippen molar-refractivity contribution in [3.63, 3.8) is 0 Å². The number of fused-ring (bicyclic) bond motifs is 1. The van der Waals surface area contributed by atoms with Gasteiger partial charge in [-0.3, -0.25) is 0 Å². The van der Waals surface area contributed by atoms with Gasteiger partial charge in [-0.1, -0.05) is 0 Å². The van der Waals surface area contributed by atoms with E-state index in [4.69, 9.17) is 0 Å². The number of rotatable bonds is 0. The van der Waals surface area contributed by atoms with Gasteiger partial charge in [-0.25, -0.2) is 10.0 Å². The molecule has 2 nitrogen and oxygen atoms in total. The van der Waals surface area contributed by atoms with Crippen molar-refractivity contribution in [1.82, 2.24) is 10.0 Å². The van der Waals surface area contributed by atoms with Crippen LogP contribution < -0.4 is 0 Å². The van der Waals surface area contributed by atoms with E-state index in [2.05, 4.69) is 10.0 Å². The highest BCUT2D eigenvalue weighted by molar-refractivity contribution is 4.71. The Kier molecular flexibility index (Phi) is 1.44. The molecule has 2 aliphatic rings. The molecule has 0 aliphatic carbocycles. The van der Waals surface area contributed by atoms with E-state index in [-0.39, 0.29) is 0 Å². The summed E-state index contributed by atoms with van der Waals surface area (Å²) in [5.74, 6) is 0. The molecule has 2 aliphatic heterocycles. The van der Waals surface area contributed by atoms with E-state index in [9.17, 15) is 0 Å². The Balaban J connectivity index is 1.97. The Morgan fingerprint density at radius 1 is 0.556 bits per heavy atom. The van der Waals surface area contributed by atoms with Crippen molar-refractivity contribution in [1.29, 1.82) is 0 Å². The standard InChI is InChI=1S/C7H14N2/c1-2-5-9-7-3-6-8(9)4-1/h1-7H2. The summed E-state index contributed by atoms with van der Waals surface area (Å²) in [5, 5.41) is 5.01. The smallest absolute Gasteiger partial charge is 0.0146 e. The third-order valence-electron chi connectivity index (χ3n) is 2.31. The molecule has 0 atom stereocenters. The first-order valence-corrected chi connectivity index (χ1v) is 3.96. The Bertz CT molecular complexity index is 91.1. The van der Waals surface area contributed by atoms with Gasteiger partial charge >= 0.3 is 0 Å². The molecule has 52 valence electrons. The van der Waals surface area contributed by atoms with Gasteiger partial charge in [0, 0.05) is 26.2 Å². The van der Waals surface area contributed by atoms with Crippen LogP contribution in [0.2, 0.25) is 0 Å². The lowest BCUT2D eigenvalue weighted by atomic mass is 10.2. The minimum Gasteiger partial charge on any atom is -0.242 e. The predicted octanol–water partition coefficient (Wildman–Crippen LogP) is 0.703. The Hall–Kier alpha value is -0.0800. The molecule has 0 aromatic rings. The first-order valence-electron chi connectivity index (χ1n) is 3.96. The van der Waals surface area contributed by atoms with E-state index in [1.54, 1.807) is 0 Å². The second kappa shape index (κ2) is 2.27. The first-order chi connectivity index (χ1) is 4.47. The highest BCUT2D eigenvalue weighted by Crippen LogP contribution is 2.16. The van der Waals surface area contributed by atoms with Gasteiger partial charge in [0.05, 0.1) is 0 Å². The lowest BCUT2D eigenvalue weighted by molar-refractivity contribution is -0.00111. The maximum absolute atomic E-state index is 2.50. The van der Waals surface area contributed by atoms with E-state index in [1.165, 1.54) is 45.4 Å². The molecule has 0 N–H and O–H groups in total. The largest absolute Gasteiger partial charge is 0.242 e. The lowest BCUT2D eigenvalue weighted by Crippen LogP contribution is -2.41. The molecule has 0 unspecified atom stereocenters. The second-order valence-electron chi connectivity index (χ2n) is 2.97. The zero-order valence-electron chi connectivity index (χ0n) is 5.84. The lowest BCUT2D eigenvalue weighted by Gasteiger charge is -2.32. The molecule has 9 heavy (non-hydrogen) atoms. The van der Waals surface area contributed by atoms with Crippen molar-refractivity contribution in [2.24, 2.45) is 0 Å². The minimum absolute atomic E-state index is 1.32. The summed E-state index contributed by atoms with van der Waals surface area (Å²) in [6.07, 6.45) is 4.22. The number of nitrogens with zero attached hydrogens (tertiary/aromatic N) is 2. The minimum atomic E-state index is 1.32. The molecule has 0 aromatic carbocycles. The Morgan fingerprint density at radius 2 is 1.00 bits per heavy atom. The summed E-state index contributed by atoms with van der Waals surface area (Å²) >= 11 is 0. The molecule has 0 spiro atoms. The summed E-state index contributed by atoms with van der Waals surface area (Å²) in [4.78, 5) is 0. The quantitative estimate of drug-likeness (QED) is 0.471. The molecular weight excluding hydrogens is 112 g/mol. The summed E-state index contributed by atoms with van der Waals surface area (Å²) in [6, 6.07) is 0. The van der Waals surface area contributed by atoms with Gasteiger partial charge in [-0.2, -0.15) is 0 Å². The van der Waals surface area contributed by atoms with Crippen LogP contribution >= 0.6 is 0 Å². The van der Waals surface area contributed by atoms with Gasteiger partial charge in [0.1, 0.15) is 0 Å². The van der Waals surface area contributed by atoms with Crippen LogP contribution in [0.1, 0.15) is 19.3 Å². The molecule has 0 saturated carbocycles. The molecule has 2 rings (SSSR count). The fraction of sp³-hybridized carbons (Fsp3) is 1.00. The number of hydrazine groups is 1. The van der Waals surface area contributed by atoms with Gasteiger partial charge in [0.25, 0.3) is 0 Å². The van der Waals surface area contributed by atoms with E-state index in [0.29, 0.717) is 0 Å². The van der Waals surface area contributed by atoms with Crippen molar-refractivity contribution in [2.75, 3.05) is 26.2 Å². The molecule has 2 heteroatoms. The van der Waals surface area contributed by atoms with E-state index < -0.39 is 0 Å². The van der Waals surface area contributed by atoms with Crippen LogP contribution in [-0.4, -0.2) is 36.2 Å². The summed E-state index contributed by atoms with van der Waals surface area (Å²) in [6.45, 7) is 5.28. The van der Waals surface area contributed by atoms with Gasteiger partial charge in [0.15, 0.2) is 0 Å². The molecule has 2 heterocycles. The third-order valence-corrected chi connectivity index (χ3v) is 2.31. The van der Waals surface area contributed by atoms with Crippen LogP contribution in [0.15, 0.2) is 0 Å². The van der Waals surface area contributed by atoms with Crippen LogP contribution in [0.4, 0.5) is 0 Å². The van der Waals surface area contributed by atoms with Crippen LogP contribution in [0.25, 0.3) is 0 Å². The molecule has 0 aromatic heterocycles. The predicted molar refractivity (Wildman–Crippen MR) is 37.0 cm³/mol. The summed E-state index contributed by atoms with van der Waals surface area (Å²) in [7, 11) is 0. The fourth-order valence-corrected chi connectivity index (χ4v) is 1.81. The monoisotopic (exact) mass is 126 g/mol. The topological polar surface area (TPSA) is 6.48 Å². The average Bonchev–Trinajstić information content (AvgIpc) is 2.33. The molecular formula is C7H14N2. The SMILES string of the molecule is C1CCN2CCCN2C1. The molecule has 0 bridgehead atoms. The van der Waals surface area contributed by atoms with Crippen molar-refractivity contribution in [3.8, 4) is 0 Å². The second-order valence-corrected chi connectivity index (χ2v) is 2.97. The summed E-state index contributed by atoms with van der Waals surface area (Å²) in [5.41, 5.74) is 0. The fourth-order valence-electron chi connectivity index (χ4n) is 1.81. The zero-order valence-corrected chi connectivity index (χ0v) is 5.84.